The number of nitro benzene ring substituents is 1. The normalized spacial score (nSPS) is 11.1. The number of aromatic nitrogens is 3. The minimum absolute atomic E-state index is 0.0000503. The molecule has 0 N–H and O–H groups in total. The number of rotatable bonds is 3. The third-order valence-electron chi connectivity index (χ3n) is 4.13. The molecule has 25 heavy (non-hydrogen) atoms. The van der Waals surface area contributed by atoms with Gasteiger partial charge in [0.15, 0.2) is 5.65 Å². The van der Waals surface area contributed by atoms with E-state index in [4.69, 9.17) is 4.74 Å². The van der Waals surface area contributed by atoms with Gasteiger partial charge in [0.05, 0.1) is 34.3 Å². The Morgan fingerprint density at radius 2 is 1.92 bits per heavy atom. The number of hydrogen-bond donors (Lipinski definition) is 0. The molecule has 4 rings (SSSR count). The number of methoxy groups -OCH3 is 1. The first kappa shape index (κ1) is 15.1. The topological polar surface area (TPSA) is 83.1 Å². The molecule has 0 saturated carbocycles. The summed E-state index contributed by atoms with van der Waals surface area (Å²) >= 11 is 0. The Balaban J connectivity index is 2.11. The highest BCUT2D eigenvalue weighted by atomic mass is 16.6. The first-order valence-electron chi connectivity index (χ1n) is 7.67. The minimum atomic E-state index is -0.427. The monoisotopic (exact) mass is 334 g/mol. The van der Waals surface area contributed by atoms with Gasteiger partial charge in [-0.3, -0.25) is 10.1 Å². The van der Waals surface area contributed by atoms with Crippen LogP contribution in [0.1, 0.15) is 5.69 Å². The third kappa shape index (κ3) is 2.28. The van der Waals surface area contributed by atoms with E-state index in [1.807, 2.05) is 37.3 Å². The highest BCUT2D eigenvalue weighted by molar-refractivity contribution is 6.02. The van der Waals surface area contributed by atoms with Crippen molar-refractivity contribution in [2.45, 2.75) is 6.92 Å². The number of fused-ring (bicyclic) bond motifs is 2. The Bertz CT molecular complexity index is 1120. The second-order valence-electron chi connectivity index (χ2n) is 5.63. The van der Waals surface area contributed by atoms with Crippen LogP contribution < -0.4 is 4.74 Å². The van der Waals surface area contributed by atoms with Gasteiger partial charge < -0.3 is 4.74 Å². The summed E-state index contributed by atoms with van der Waals surface area (Å²) in [6.45, 7) is 1.87. The number of non-ortho nitro benzene ring substituents is 1. The molecule has 2 aromatic carbocycles. The predicted molar refractivity (Wildman–Crippen MR) is 94.3 cm³/mol. The summed E-state index contributed by atoms with van der Waals surface area (Å²) in [6, 6.07) is 14.2. The zero-order valence-corrected chi connectivity index (χ0v) is 13.6. The third-order valence-corrected chi connectivity index (χ3v) is 4.13. The molecule has 4 aromatic rings. The van der Waals surface area contributed by atoms with Crippen molar-refractivity contribution in [3.05, 3.63) is 64.3 Å². The van der Waals surface area contributed by atoms with Crippen molar-refractivity contribution in [1.82, 2.24) is 14.8 Å². The highest BCUT2D eigenvalue weighted by Crippen LogP contribution is 2.37. The molecule has 0 aliphatic rings. The molecule has 2 heterocycles. The molecule has 0 radical (unpaired) electrons. The molecular weight excluding hydrogens is 320 g/mol. The molecule has 0 atom stereocenters. The number of pyridine rings is 1. The molecule has 0 fully saturated rings. The molecule has 2 aromatic heterocycles. The summed E-state index contributed by atoms with van der Waals surface area (Å²) in [7, 11) is 1.55. The minimum Gasteiger partial charge on any atom is -0.495 e. The maximum absolute atomic E-state index is 11.1. The summed E-state index contributed by atoms with van der Waals surface area (Å²) < 4.78 is 7.35. The lowest BCUT2D eigenvalue weighted by atomic mass is 10.1. The molecule has 0 bridgehead atoms. The molecule has 0 aliphatic carbocycles. The number of nitrogens with zero attached hydrogens (tertiary/aromatic N) is 4. The maximum Gasteiger partial charge on any atom is 0.270 e. The van der Waals surface area contributed by atoms with Crippen molar-refractivity contribution in [1.29, 1.82) is 0 Å². The second-order valence-corrected chi connectivity index (χ2v) is 5.63. The van der Waals surface area contributed by atoms with E-state index in [-0.39, 0.29) is 5.69 Å². The largest absolute Gasteiger partial charge is 0.495 e. The van der Waals surface area contributed by atoms with Crippen LogP contribution in [0.4, 0.5) is 5.69 Å². The van der Waals surface area contributed by atoms with E-state index in [1.165, 1.54) is 12.1 Å². The van der Waals surface area contributed by atoms with Crippen molar-refractivity contribution in [2.75, 3.05) is 7.11 Å². The van der Waals surface area contributed by atoms with Gasteiger partial charge >= 0.3 is 0 Å². The van der Waals surface area contributed by atoms with E-state index in [0.717, 1.165) is 16.8 Å². The molecular formula is C18H14N4O3. The summed E-state index contributed by atoms with van der Waals surface area (Å²) in [5.74, 6) is 0.545. The van der Waals surface area contributed by atoms with Crippen LogP contribution in [0, 0.1) is 17.0 Å². The molecule has 0 aliphatic heterocycles. The highest BCUT2D eigenvalue weighted by Gasteiger charge is 2.20. The van der Waals surface area contributed by atoms with Crippen LogP contribution in [-0.2, 0) is 0 Å². The molecule has 0 saturated heterocycles. The van der Waals surface area contributed by atoms with Crippen LogP contribution >= 0.6 is 0 Å². The van der Waals surface area contributed by atoms with E-state index in [1.54, 1.807) is 17.9 Å². The summed E-state index contributed by atoms with van der Waals surface area (Å²) in [6.07, 6.45) is 0. The van der Waals surface area contributed by atoms with Crippen LogP contribution in [0.3, 0.4) is 0 Å². The smallest absolute Gasteiger partial charge is 0.270 e. The quantitative estimate of drug-likeness (QED) is 0.420. The number of ether oxygens (including phenoxy) is 1. The number of aryl methyl sites for hydroxylation is 1. The van der Waals surface area contributed by atoms with E-state index in [9.17, 15) is 10.1 Å². The summed E-state index contributed by atoms with van der Waals surface area (Å²) in [5.41, 5.74) is 2.90. The van der Waals surface area contributed by atoms with Gasteiger partial charge in [0.2, 0.25) is 0 Å². The van der Waals surface area contributed by atoms with Crippen LogP contribution in [0.5, 0.6) is 5.75 Å². The predicted octanol–water partition coefficient (Wildman–Crippen LogP) is 3.80. The number of hydrogen-bond acceptors (Lipinski definition) is 5. The van der Waals surface area contributed by atoms with E-state index < -0.39 is 4.92 Å². The van der Waals surface area contributed by atoms with Crippen molar-refractivity contribution < 1.29 is 9.66 Å². The van der Waals surface area contributed by atoms with E-state index in [2.05, 4.69) is 10.1 Å². The van der Waals surface area contributed by atoms with Crippen molar-refractivity contribution in [3.63, 3.8) is 0 Å². The van der Waals surface area contributed by atoms with Gasteiger partial charge in [-0.1, -0.05) is 18.2 Å². The zero-order chi connectivity index (χ0) is 17.6. The molecule has 7 nitrogen and oxygen atoms in total. The van der Waals surface area contributed by atoms with E-state index >= 15 is 0 Å². The van der Waals surface area contributed by atoms with Crippen LogP contribution in [0.15, 0.2) is 48.5 Å². The Labute approximate surface area is 142 Å². The molecule has 124 valence electrons. The Kier molecular flexibility index (Phi) is 3.35. The number of nitro groups is 1. The Morgan fingerprint density at radius 3 is 2.60 bits per heavy atom. The molecule has 0 unspecified atom stereocenters. The average Bonchev–Trinajstić information content (AvgIpc) is 2.96. The van der Waals surface area contributed by atoms with Gasteiger partial charge in [-0.25, -0.2) is 9.67 Å². The number of para-hydroxylation sites is 1. The van der Waals surface area contributed by atoms with Gasteiger partial charge in [0, 0.05) is 17.5 Å². The fourth-order valence-corrected chi connectivity index (χ4v) is 3.01. The SMILES string of the molecule is COc1c2cc([N+](=O)[O-])ccc2nc2c1c(C)nn2-c1ccccc1. The lowest BCUT2D eigenvalue weighted by Crippen LogP contribution is -1.98. The van der Waals surface area contributed by atoms with Crippen LogP contribution in [0.2, 0.25) is 0 Å². The van der Waals surface area contributed by atoms with Crippen molar-refractivity contribution in [3.8, 4) is 11.4 Å². The average molecular weight is 334 g/mol. The van der Waals surface area contributed by atoms with Gasteiger partial charge in [-0.2, -0.15) is 5.10 Å². The zero-order valence-electron chi connectivity index (χ0n) is 13.6. The van der Waals surface area contributed by atoms with Crippen molar-refractivity contribution >= 4 is 27.6 Å². The Morgan fingerprint density at radius 1 is 1.16 bits per heavy atom. The van der Waals surface area contributed by atoms with Gasteiger partial charge in [-0.15, -0.1) is 0 Å². The van der Waals surface area contributed by atoms with Gasteiger partial charge in [-0.05, 0) is 25.1 Å². The van der Waals surface area contributed by atoms with Crippen LogP contribution in [0.25, 0.3) is 27.6 Å². The summed E-state index contributed by atoms with van der Waals surface area (Å²) in [5, 5.41) is 17.0. The maximum atomic E-state index is 11.1. The first-order chi connectivity index (χ1) is 12.1. The van der Waals surface area contributed by atoms with Gasteiger partial charge in [0.25, 0.3) is 5.69 Å². The first-order valence-corrected chi connectivity index (χ1v) is 7.67. The van der Waals surface area contributed by atoms with Gasteiger partial charge in [0.1, 0.15) is 5.75 Å². The summed E-state index contributed by atoms with van der Waals surface area (Å²) in [4.78, 5) is 15.3. The standard InChI is InChI=1S/C18H14N4O3/c1-11-16-17(25-2)14-10-13(22(23)24)8-9-15(14)19-18(16)21(20-11)12-6-4-3-5-7-12/h3-10H,1-2H3. The second kappa shape index (κ2) is 5.55. The fraction of sp³-hybridized carbons (Fsp3) is 0.111. The molecule has 0 amide bonds. The van der Waals surface area contributed by atoms with E-state index in [0.29, 0.717) is 22.3 Å². The number of benzene rings is 2. The molecule has 7 heteroatoms. The lowest BCUT2D eigenvalue weighted by Gasteiger charge is -2.08. The van der Waals surface area contributed by atoms with Crippen LogP contribution in [-0.4, -0.2) is 26.8 Å². The fourth-order valence-electron chi connectivity index (χ4n) is 3.01. The van der Waals surface area contributed by atoms with Crippen molar-refractivity contribution in [2.24, 2.45) is 0 Å². The Hall–Kier alpha value is -3.48. The lowest BCUT2D eigenvalue weighted by molar-refractivity contribution is -0.384. The molecule has 0 spiro atoms.